The van der Waals surface area contributed by atoms with E-state index in [0.717, 1.165) is 17.7 Å². The van der Waals surface area contributed by atoms with E-state index in [1.807, 2.05) is 23.9 Å². The predicted molar refractivity (Wildman–Crippen MR) is 97.9 cm³/mol. The van der Waals surface area contributed by atoms with E-state index in [1.165, 1.54) is 24.5 Å². The molecule has 0 fully saturated rings. The topological polar surface area (TPSA) is 99.3 Å². The number of anilines is 1. The Morgan fingerprint density at radius 1 is 1.42 bits per heavy atom. The Bertz CT molecular complexity index is 1020. The van der Waals surface area contributed by atoms with Crippen molar-refractivity contribution >= 4 is 22.4 Å². The minimum atomic E-state index is -0.702. The molecule has 8 nitrogen and oxygen atoms in total. The summed E-state index contributed by atoms with van der Waals surface area (Å²) in [5.41, 5.74) is 1.94. The smallest absolute Gasteiger partial charge is 0.379 e. The lowest BCUT2D eigenvalue weighted by atomic mass is 10.2. The van der Waals surface area contributed by atoms with Gasteiger partial charge in [0.05, 0.1) is 12.8 Å². The van der Waals surface area contributed by atoms with Crippen LogP contribution in [0.4, 0.5) is 5.13 Å². The molecule has 0 aliphatic heterocycles. The largest absolute Gasteiger partial charge is 0.490 e. The average molecular weight is 374 g/mol. The van der Waals surface area contributed by atoms with E-state index in [0.29, 0.717) is 15.7 Å². The molecule has 0 aliphatic rings. The summed E-state index contributed by atoms with van der Waals surface area (Å²) in [5.74, 6) is -0.605. The number of carbonyl (C=O) groups excluding carboxylic acids is 1. The van der Waals surface area contributed by atoms with Crippen molar-refractivity contribution in [3.63, 3.8) is 0 Å². The lowest BCUT2D eigenvalue weighted by Crippen LogP contribution is -2.16. The molecule has 136 valence electrons. The minimum Gasteiger partial charge on any atom is -0.490 e. The van der Waals surface area contributed by atoms with Gasteiger partial charge in [0.15, 0.2) is 10.8 Å². The van der Waals surface area contributed by atoms with Gasteiger partial charge >= 0.3 is 5.63 Å². The van der Waals surface area contributed by atoms with Crippen molar-refractivity contribution in [3.05, 3.63) is 45.6 Å². The van der Waals surface area contributed by atoms with Crippen molar-refractivity contribution in [2.75, 3.05) is 12.4 Å². The molecule has 3 rings (SSSR count). The van der Waals surface area contributed by atoms with Crippen LogP contribution in [0.3, 0.4) is 0 Å². The monoisotopic (exact) mass is 374 g/mol. The number of nitrogens with one attached hydrogen (secondary N) is 1. The number of aryl methyl sites for hydroxylation is 3. The van der Waals surface area contributed by atoms with Crippen LogP contribution in [0.5, 0.6) is 5.75 Å². The molecule has 0 saturated carbocycles. The Balaban J connectivity index is 1.84. The third-order valence-electron chi connectivity index (χ3n) is 3.91. The van der Waals surface area contributed by atoms with Gasteiger partial charge in [-0.15, -0.1) is 10.2 Å². The summed E-state index contributed by atoms with van der Waals surface area (Å²) in [6, 6.07) is 3.48. The van der Waals surface area contributed by atoms with Crippen LogP contribution < -0.4 is 15.7 Å². The van der Waals surface area contributed by atoms with Crippen LogP contribution >= 0.6 is 11.3 Å². The highest BCUT2D eigenvalue weighted by Crippen LogP contribution is 2.30. The number of carbonyl (C=O) groups is 1. The fourth-order valence-electron chi connectivity index (χ4n) is 2.64. The number of hydrogen-bond donors (Lipinski definition) is 1. The fourth-order valence-corrected chi connectivity index (χ4v) is 3.50. The van der Waals surface area contributed by atoms with Crippen molar-refractivity contribution in [2.45, 2.75) is 20.3 Å². The molecule has 0 atom stereocenters. The molecule has 0 aliphatic carbocycles. The molecular weight excluding hydrogens is 356 g/mol. The zero-order valence-corrected chi connectivity index (χ0v) is 15.6. The summed E-state index contributed by atoms with van der Waals surface area (Å²) < 4.78 is 11.9. The molecule has 0 saturated heterocycles. The van der Waals surface area contributed by atoms with E-state index in [4.69, 9.17) is 9.15 Å². The van der Waals surface area contributed by atoms with Crippen LogP contribution in [-0.4, -0.2) is 27.8 Å². The molecule has 0 unspecified atom stereocenters. The Hall–Kier alpha value is -2.94. The maximum Gasteiger partial charge on any atom is 0.379 e. The number of hydrogen-bond acceptors (Lipinski definition) is 7. The van der Waals surface area contributed by atoms with E-state index in [9.17, 15) is 9.59 Å². The van der Waals surface area contributed by atoms with E-state index >= 15 is 0 Å². The average Bonchev–Trinajstić information content (AvgIpc) is 3.20. The number of amides is 1. The van der Waals surface area contributed by atoms with Crippen molar-refractivity contribution in [1.29, 1.82) is 0 Å². The van der Waals surface area contributed by atoms with Crippen LogP contribution in [0, 0.1) is 6.92 Å². The van der Waals surface area contributed by atoms with Gasteiger partial charge in [-0.2, -0.15) is 0 Å². The first-order valence-corrected chi connectivity index (χ1v) is 8.74. The second kappa shape index (κ2) is 7.12. The zero-order valence-electron chi connectivity index (χ0n) is 14.8. The van der Waals surface area contributed by atoms with Gasteiger partial charge in [-0.3, -0.25) is 10.1 Å². The molecule has 1 amide bonds. The van der Waals surface area contributed by atoms with Crippen LogP contribution in [0.1, 0.15) is 28.6 Å². The van der Waals surface area contributed by atoms with Gasteiger partial charge < -0.3 is 13.7 Å². The van der Waals surface area contributed by atoms with Gasteiger partial charge in [-0.05, 0) is 31.0 Å². The highest BCUT2D eigenvalue weighted by Gasteiger charge is 2.18. The summed E-state index contributed by atoms with van der Waals surface area (Å²) in [7, 11) is 3.30. The number of methoxy groups -OCH3 is 1. The van der Waals surface area contributed by atoms with Crippen molar-refractivity contribution in [3.8, 4) is 16.5 Å². The molecule has 9 heteroatoms. The third-order valence-corrected chi connectivity index (χ3v) is 4.75. The van der Waals surface area contributed by atoms with Gasteiger partial charge in [-0.1, -0.05) is 18.3 Å². The molecule has 0 bridgehead atoms. The number of rotatable bonds is 5. The first-order chi connectivity index (χ1) is 12.4. The summed E-state index contributed by atoms with van der Waals surface area (Å²) in [5, 5.41) is 11.8. The molecule has 0 spiro atoms. The zero-order chi connectivity index (χ0) is 18.8. The van der Waals surface area contributed by atoms with E-state index in [1.54, 1.807) is 6.92 Å². The molecule has 26 heavy (non-hydrogen) atoms. The number of ether oxygens (including phenoxy) is 1. The SMILES string of the molecule is CCc1ccn(C)c1-c1nnc(NC(=O)c2cc(C)c(OC)c(=O)o2)s1. The van der Waals surface area contributed by atoms with Gasteiger partial charge in [0.25, 0.3) is 5.91 Å². The standard InChI is InChI=1S/C17H18N4O4S/c1-5-10-6-7-21(3)12(10)15-19-20-17(26-15)18-14(22)11-8-9(2)13(24-4)16(23)25-11/h6-8H,5H2,1-4H3,(H,18,20,22). The lowest BCUT2D eigenvalue weighted by molar-refractivity contribution is 0.0991. The maximum atomic E-state index is 12.4. The quantitative estimate of drug-likeness (QED) is 0.737. The van der Waals surface area contributed by atoms with Gasteiger partial charge in [0, 0.05) is 18.8 Å². The van der Waals surface area contributed by atoms with Crippen LogP contribution in [0.15, 0.2) is 27.5 Å². The third kappa shape index (κ3) is 3.25. The predicted octanol–water partition coefficient (Wildman–Crippen LogP) is 2.63. The molecule has 1 N–H and O–H groups in total. The molecule has 3 aromatic heterocycles. The van der Waals surface area contributed by atoms with E-state index in [-0.39, 0.29) is 11.5 Å². The Kier molecular flexibility index (Phi) is 4.90. The second-order valence-electron chi connectivity index (χ2n) is 5.63. The molecular formula is C17H18N4O4S. The first kappa shape index (κ1) is 17.9. The Morgan fingerprint density at radius 2 is 2.19 bits per heavy atom. The molecule has 3 heterocycles. The minimum absolute atomic E-state index is 0.0792. The summed E-state index contributed by atoms with van der Waals surface area (Å²) in [6.45, 7) is 3.73. The summed E-state index contributed by atoms with van der Waals surface area (Å²) in [6.07, 6.45) is 2.83. The normalized spacial score (nSPS) is 10.8. The van der Waals surface area contributed by atoms with Crippen LogP contribution in [0.25, 0.3) is 10.7 Å². The summed E-state index contributed by atoms with van der Waals surface area (Å²) >= 11 is 1.25. The lowest BCUT2D eigenvalue weighted by Gasteiger charge is -2.04. The fraction of sp³-hybridized carbons (Fsp3) is 0.294. The number of aromatic nitrogens is 3. The van der Waals surface area contributed by atoms with E-state index < -0.39 is 11.5 Å². The highest BCUT2D eigenvalue weighted by molar-refractivity contribution is 7.18. The molecule has 0 radical (unpaired) electrons. The van der Waals surface area contributed by atoms with Crippen molar-refractivity contribution in [1.82, 2.24) is 14.8 Å². The van der Waals surface area contributed by atoms with Gasteiger partial charge in [0.2, 0.25) is 10.9 Å². The maximum absolute atomic E-state index is 12.4. The molecule has 3 aromatic rings. The van der Waals surface area contributed by atoms with Gasteiger partial charge in [0.1, 0.15) is 0 Å². The Morgan fingerprint density at radius 3 is 2.85 bits per heavy atom. The summed E-state index contributed by atoms with van der Waals surface area (Å²) in [4.78, 5) is 24.2. The van der Waals surface area contributed by atoms with Gasteiger partial charge in [-0.25, -0.2) is 4.79 Å². The highest BCUT2D eigenvalue weighted by atomic mass is 32.1. The second-order valence-corrected chi connectivity index (χ2v) is 6.61. The number of nitrogens with zero attached hydrogens (tertiary/aromatic N) is 3. The Labute approximate surface area is 153 Å². The van der Waals surface area contributed by atoms with Crippen LogP contribution in [-0.2, 0) is 13.5 Å². The van der Waals surface area contributed by atoms with E-state index in [2.05, 4.69) is 22.4 Å². The van der Waals surface area contributed by atoms with Crippen molar-refractivity contribution in [2.24, 2.45) is 7.05 Å². The first-order valence-electron chi connectivity index (χ1n) is 7.92. The van der Waals surface area contributed by atoms with Crippen molar-refractivity contribution < 1.29 is 13.9 Å². The van der Waals surface area contributed by atoms with Crippen LogP contribution in [0.2, 0.25) is 0 Å². The molecule has 0 aromatic carbocycles.